The van der Waals surface area contributed by atoms with Gasteiger partial charge < -0.3 is 10.6 Å². The van der Waals surface area contributed by atoms with E-state index in [-0.39, 0.29) is 5.91 Å². The predicted octanol–water partition coefficient (Wildman–Crippen LogP) is 4.13. The quantitative estimate of drug-likeness (QED) is 0.678. The fourth-order valence-corrected chi connectivity index (χ4v) is 3.91. The molecule has 2 aromatic heterocycles. The minimum Gasteiger partial charge on any atom is -0.381 e. The molecule has 1 aliphatic carbocycles. The van der Waals surface area contributed by atoms with Gasteiger partial charge in [0.2, 0.25) is 0 Å². The highest BCUT2D eigenvalue weighted by atomic mass is 16.1. The number of rotatable bonds is 6. The molecule has 3 aromatic rings. The molecule has 6 nitrogen and oxygen atoms in total. The lowest BCUT2D eigenvalue weighted by molar-refractivity contribution is 0.0951. The van der Waals surface area contributed by atoms with E-state index in [1.807, 2.05) is 48.1 Å². The third-order valence-electron chi connectivity index (χ3n) is 5.46. The number of fused-ring (bicyclic) bond motifs is 1. The zero-order valence-electron chi connectivity index (χ0n) is 16.3. The molecule has 0 radical (unpaired) electrons. The van der Waals surface area contributed by atoms with Gasteiger partial charge >= 0.3 is 0 Å². The van der Waals surface area contributed by atoms with Crippen molar-refractivity contribution in [2.24, 2.45) is 0 Å². The molecular weight excluding hydrogens is 350 g/mol. The van der Waals surface area contributed by atoms with Crippen molar-refractivity contribution in [3.8, 4) is 0 Å². The molecule has 1 amide bonds. The van der Waals surface area contributed by atoms with Crippen LogP contribution in [0, 0.1) is 0 Å². The Hall–Kier alpha value is -2.89. The van der Waals surface area contributed by atoms with Crippen LogP contribution in [0.15, 0.2) is 42.7 Å². The van der Waals surface area contributed by atoms with Gasteiger partial charge in [0.15, 0.2) is 5.65 Å². The van der Waals surface area contributed by atoms with Gasteiger partial charge in [-0.05, 0) is 25.3 Å². The number of pyridine rings is 1. The first-order valence-corrected chi connectivity index (χ1v) is 10.2. The summed E-state index contributed by atoms with van der Waals surface area (Å²) >= 11 is 0. The van der Waals surface area contributed by atoms with Crippen LogP contribution in [-0.2, 0) is 13.1 Å². The Morgan fingerprint density at radius 1 is 1.14 bits per heavy atom. The van der Waals surface area contributed by atoms with Crippen LogP contribution >= 0.6 is 0 Å². The largest absolute Gasteiger partial charge is 0.381 e. The Balaban J connectivity index is 1.63. The van der Waals surface area contributed by atoms with Crippen molar-refractivity contribution < 1.29 is 4.79 Å². The smallest absolute Gasteiger partial charge is 0.255 e. The third kappa shape index (κ3) is 3.86. The Bertz CT molecular complexity index is 944. The van der Waals surface area contributed by atoms with Crippen LogP contribution in [0.2, 0.25) is 0 Å². The summed E-state index contributed by atoms with van der Waals surface area (Å²) in [6, 6.07) is 10.3. The molecule has 2 N–H and O–H groups in total. The Labute approximate surface area is 165 Å². The maximum absolute atomic E-state index is 13.0. The number of carbonyl (C=O) groups excluding carboxylic acids is 1. The number of hydrogen-bond donors (Lipinski definition) is 2. The SMILES string of the molecule is CCn1ncc2c(NC3CCCCC3)c(C(=O)NCc3ccccc3)cnc21. The molecule has 2 heterocycles. The molecule has 4 rings (SSSR count). The first-order chi connectivity index (χ1) is 13.8. The first kappa shape index (κ1) is 18.5. The van der Waals surface area contributed by atoms with Gasteiger partial charge in [0, 0.05) is 25.3 Å². The molecule has 146 valence electrons. The minimum absolute atomic E-state index is 0.110. The third-order valence-corrected chi connectivity index (χ3v) is 5.46. The summed E-state index contributed by atoms with van der Waals surface area (Å²) < 4.78 is 1.87. The Kier molecular flexibility index (Phi) is 5.55. The fraction of sp³-hybridized carbons (Fsp3) is 0.409. The van der Waals surface area contributed by atoms with Gasteiger partial charge in [-0.1, -0.05) is 49.6 Å². The number of aromatic nitrogens is 3. The summed E-state index contributed by atoms with van der Waals surface area (Å²) in [6.45, 7) is 3.29. The summed E-state index contributed by atoms with van der Waals surface area (Å²) in [5, 5.41) is 12.0. The van der Waals surface area contributed by atoms with Crippen LogP contribution in [0.1, 0.15) is 54.9 Å². The number of aryl methyl sites for hydroxylation is 1. The van der Waals surface area contributed by atoms with E-state index in [1.54, 1.807) is 6.20 Å². The number of benzene rings is 1. The second-order valence-electron chi connectivity index (χ2n) is 7.39. The zero-order chi connectivity index (χ0) is 19.3. The van der Waals surface area contributed by atoms with Gasteiger partial charge in [0.05, 0.1) is 22.8 Å². The van der Waals surface area contributed by atoms with Gasteiger partial charge in [-0.3, -0.25) is 4.79 Å². The van der Waals surface area contributed by atoms with Gasteiger partial charge in [-0.25, -0.2) is 9.67 Å². The van der Waals surface area contributed by atoms with Crippen LogP contribution in [0.4, 0.5) is 5.69 Å². The van der Waals surface area contributed by atoms with E-state index in [2.05, 4.69) is 20.7 Å². The summed E-state index contributed by atoms with van der Waals surface area (Å²) in [7, 11) is 0. The van der Waals surface area contributed by atoms with E-state index >= 15 is 0 Å². The molecule has 1 aromatic carbocycles. The van der Waals surface area contributed by atoms with Gasteiger partial charge in [0.1, 0.15) is 0 Å². The van der Waals surface area contributed by atoms with E-state index in [1.165, 1.54) is 19.3 Å². The molecular formula is C22H27N5O. The highest BCUT2D eigenvalue weighted by molar-refractivity contribution is 6.06. The van der Waals surface area contributed by atoms with Crippen molar-refractivity contribution in [1.82, 2.24) is 20.1 Å². The number of nitrogens with one attached hydrogen (secondary N) is 2. The van der Waals surface area contributed by atoms with Crippen LogP contribution in [0.25, 0.3) is 11.0 Å². The van der Waals surface area contributed by atoms with E-state index in [9.17, 15) is 4.79 Å². The van der Waals surface area contributed by atoms with E-state index < -0.39 is 0 Å². The second-order valence-corrected chi connectivity index (χ2v) is 7.39. The summed E-state index contributed by atoms with van der Waals surface area (Å²) in [5.74, 6) is -0.110. The maximum atomic E-state index is 13.0. The van der Waals surface area contributed by atoms with Crippen LogP contribution in [0.3, 0.4) is 0 Å². The van der Waals surface area contributed by atoms with Crippen LogP contribution in [0.5, 0.6) is 0 Å². The van der Waals surface area contributed by atoms with Crippen LogP contribution < -0.4 is 10.6 Å². The lowest BCUT2D eigenvalue weighted by Crippen LogP contribution is -2.27. The van der Waals surface area contributed by atoms with Crippen molar-refractivity contribution >= 4 is 22.6 Å². The molecule has 6 heteroatoms. The summed E-state index contributed by atoms with van der Waals surface area (Å²) in [5.41, 5.74) is 3.35. The molecule has 0 aliphatic heterocycles. The normalized spacial score (nSPS) is 14.9. The monoisotopic (exact) mass is 377 g/mol. The second kappa shape index (κ2) is 8.42. The maximum Gasteiger partial charge on any atom is 0.255 e. The highest BCUT2D eigenvalue weighted by Crippen LogP contribution is 2.30. The Morgan fingerprint density at radius 2 is 1.93 bits per heavy atom. The zero-order valence-corrected chi connectivity index (χ0v) is 16.3. The number of anilines is 1. The van der Waals surface area contributed by atoms with E-state index in [4.69, 9.17) is 0 Å². The highest BCUT2D eigenvalue weighted by Gasteiger charge is 2.21. The molecule has 1 fully saturated rings. The number of amides is 1. The average Bonchev–Trinajstić information content (AvgIpc) is 3.17. The first-order valence-electron chi connectivity index (χ1n) is 10.2. The Morgan fingerprint density at radius 3 is 2.68 bits per heavy atom. The lowest BCUT2D eigenvalue weighted by atomic mass is 9.95. The summed E-state index contributed by atoms with van der Waals surface area (Å²) in [6.07, 6.45) is 9.54. The molecule has 0 bridgehead atoms. The fourth-order valence-electron chi connectivity index (χ4n) is 3.91. The van der Waals surface area contributed by atoms with Gasteiger partial charge in [0.25, 0.3) is 5.91 Å². The van der Waals surface area contributed by atoms with E-state index in [0.29, 0.717) is 18.2 Å². The van der Waals surface area contributed by atoms with Crippen molar-refractivity contribution in [3.05, 3.63) is 53.9 Å². The number of hydrogen-bond acceptors (Lipinski definition) is 4. The summed E-state index contributed by atoms with van der Waals surface area (Å²) in [4.78, 5) is 17.5. The van der Waals surface area contributed by atoms with Crippen molar-refractivity contribution in [1.29, 1.82) is 0 Å². The molecule has 0 unspecified atom stereocenters. The molecule has 28 heavy (non-hydrogen) atoms. The van der Waals surface area contributed by atoms with Crippen molar-refractivity contribution in [2.75, 3.05) is 5.32 Å². The van der Waals surface area contributed by atoms with Gasteiger partial charge in [-0.2, -0.15) is 5.10 Å². The number of nitrogens with zero attached hydrogens (tertiary/aromatic N) is 3. The molecule has 1 aliphatic rings. The van der Waals surface area contributed by atoms with Crippen molar-refractivity contribution in [3.63, 3.8) is 0 Å². The minimum atomic E-state index is -0.110. The molecule has 0 saturated heterocycles. The van der Waals surface area contributed by atoms with Crippen molar-refractivity contribution in [2.45, 2.75) is 58.2 Å². The van der Waals surface area contributed by atoms with E-state index in [0.717, 1.165) is 41.7 Å². The lowest BCUT2D eigenvalue weighted by Gasteiger charge is -2.25. The predicted molar refractivity (Wildman–Crippen MR) is 111 cm³/mol. The standard InChI is InChI=1S/C22H27N5O/c1-2-27-21-18(15-25-27)20(26-17-11-7-4-8-12-17)19(14-23-21)22(28)24-13-16-9-5-3-6-10-16/h3,5-6,9-10,14-15,17H,2,4,7-8,11-13H2,1H3,(H,23,26)(H,24,28). The molecule has 0 spiro atoms. The van der Waals surface area contributed by atoms with Gasteiger partial charge in [-0.15, -0.1) is 0 Å². The molecule has 1 saturated carbocycles. The number of carbonyl (C=O) groups is 1. The van der Waals surface area contributed by atoms with Crippen LogP contribution in [-0.4, -0.2) is 26.7 Å². The average molecular weight is 377 g/mol. The molecule has 0 atom stereocenters. The topological polar surface area (TPSA) is 71.8 Å².